The second-order valence-corrected chi connectivity index (χ2v) is 11.7. The summed E-state index contributed by atoms with van der Waals surface area (Å²) in [6, 6.07) is 5.45. The molecule has 36 heavy (non-hydrogen) atoms. The molecule has 0 spiro atoms. The molecule has 0 aromatic carbocycles. The average Bonchev–Trinajstić information content (AvgIpc) is 3.26. The first kappa shape index (κ1) is 25.7. The van der Waals surface area contributed by atoms with E-state index in [9.17, 15) is 19.2 Å². The van der Waals surface area contributed by atoms with Crippen molar-refractivity contribution in [3.63, 3.8) is 0 Å². The Balaban J connectivity index is 1.48. The molecule has 2 N–H and O–H groups in total. The molecule has 1 aliphatic heterocycles. The number of pyridine rings is 1. The summed E-state index contributed by atoms with van der Waals surface area (Å²) in [4.78, 5) is 29.3. The Hall–Kier alpha value is -3.41. The van der Waals surface area contributed by atoms with Crippen molar-refractivity contribution in [2.45, 2.75) is 84.9 Å². The van der Waals surface area contributed by atoms with Crippen molar-refractivity contribution < 1.29 is 18.7 Å². The number of hydrogen-bond acceptors (Lipinski definition) is 5. The smallest absolute Gasteiger partial charge is 0.407 e. The molecule has 192 valence electrons. The molecule has 0 saturated heterocycles. The molecule has 9 heteroatoms. The van der Waals surface area contributed by atoms with Gasteiger partial charge in [-0.3, -0.25) is 4.79 Å². The minimum atomic E-state index is -0.508. The Morgan fingerprint density at radius 3 is 2.69 bits per heavy atom. The fourth-order valence-electron chi connectivity index (χ4n) is 5.14. The van der Waals surface area contributed by atoms with E-state index in [1.807, 2.05) is 25.3 Å². The SMILES string of the molecule is CC1(C)Cc2c(-c3cc(NC(=O)[C@H]4CCC[C@@H](OC(=O)NC(C)(C)C)C4)ncc3F)cc(C#N)n2C1. The Labute approximate surface area is 211 Å². The second-order valence-electron chi connectivity index (χ2n) is 11.7. The van der Waals surface area contributed by atoms with Crippen molar-refractivity contribution in [2.75, 3.05) is 5.32 Å². The average molecular weight is 496 g/mol. The highest BCUT2D eigenvalue weighted by molar-refractivity contribution is 5.92. The van der Waals surface area contributed by atoms with E-state index in [-0.39, 0.29) is 29.2 Å². The van der Waals surface area contributed by atoms with E-state index in [4.69, 9.17) is 4.74 Å². The molecule has 2 aliphatic rings. The van der Waals surface area contributed by atoms with Gasteiger partial charge in [0.15, 0.2) is 0 Å². The number of anilines is 1. The molecule has 8 nitrogen and oxygen atoms in total. The van der Waals surface area contributed by atoms with E-state index in [2.05, 4.69) is 35.5 Å². The highest BCUT2D eigenvalue weighted by Crippen LogP contribution is 2.40. The minimum absolute atomic E-state index is 0.0269. The van der Waals surface area contributed by atoms with Gasteiger partial charge in [0.25, 0.3) is 0 Å². The van der Waals surface area contributed by atoms with Crippen LogP contribution in [0.15, 0.2) is 18.3 Å². The third-order valence-corrected chi connectivity index (χ3v) is 6.70. The van der Waals surface area contributed by atoms with Crippen molar-refractivity contribution >= 4 is 17.8 Å². The number of halogens is 1. The van der Waals surface area contributed by atoms with Gasteiger partial charge in [-0.15, -0.1) is 0 Å². The Kier molecular flexibility index (Phi) is 6.82. The van der Waals surface area contributed by atoms with Crippen LogP contribution < -0.4 is 10.6 Å². The molecule has 4 rings (SSSR count). The third kappa shape index (κ3) is 5.69. The van der Waals surface area contributed by atoms with Crippen LogP contribution in [0.25, 0.3) is 11.1 Å². The number of nitriles is 1. The number of fused-ring (bicyclic) bond motifs is 1. The van der Waals surface area contributed by atoms with Crippen LogP contribution in [0.2, 0.25) is 0 Å². The fraction of sp³-hybridized carbons (Fsp3) is 0.556. The van der Waals surface area contributed by atoms with E-state index in [1.54, 1.807) is 6.07 Å². The van der Waals surface area contributed by atoms with Crippen molar-refractivity contribution in [1.29, 1.82) is 5.26 Å². The molecule has 1 aliphatic carbocycles. The molecule has 2 aromatic heterocycles. The Morgan fingerprint density at radius 1 is 1.25 bits per heavy atom. The summed E-state index contributed by atoms with van der Waals surface area (Å²) in [6.45, 7) is 10.6. The lowest BCUT2D eigenvalue weighted by molar-refractivity contribution is -0.122. The van der Waals surface area contributed by atoms with Gasteiger partial charge in [-0.1, -0.05) is 13.8 Å². The van der Waals surface area contributed by atoms with E-state index in [1.165, 1.54) is 6.07 Å². The lowest BCUT2D eigenvalue weighted by atomic mass is 9.86. The van der Waals surface area contributed by atoms with Gasteiger partial charge in [-0.25, -0.2) is 14.2 Å². The number of rotatable bonds is 4. The molecule has 3 heterocycles. The van der Waals surface area contributed by atoms with Crippen LogP contribution in [0.1, 0.15) is 71.7 Å². The zero-order chi connectivity index (χ0) is 26.3. The van der Waals surface area contributed by atoms with Gasteiger partial charge < -0.3 is 19.9 Å². The Bertz CT molecular complexity index is 1220. The summed E-state index contributed by atoms with van der Waals surface area (Å²) in [7, 11) is 0. The van der Waals surface area contributed by atoms with Crippen LogP contribution in [-0.4, -0.2) is 33.2 Å². The first-order valence-electron chi connectivity index (χ1n) is 12.4. The first-order chi connectivity index (χ1) is 16.8. The molecule has 2 amide bonds. The predicted molar refractivity (Wildman–Crippen MR) is 134 cm³/mol. The van der Waals surface area contributed by atoms with E-state index < -0.39 is 17.4 Å². The van der Waals surface area contributed by atoms with Crippen molar-refractivity contribution in [1.82, 2.24) is 14.9 Å². The van der Waals surface area contributed by atoms with Crippen LogP contribution in [-0.2, 0) is 22.5 Å². The van der Waals surface area contributed by atoms with Crippen LogP contribution in [0, 0.1) is 28.5 Å². The van der Waals surface area contributed by atoms with Crippen molar-refractivity contribution in [3.05, 3.63) is 35.5 Å². The van der Waals surface area contributed by atoms with Crippen LogP contribution in [0.4, 0.5) is 15.0 Å². The monoisotopic (exact) mass is 495 g/mol. The number of nitrogens with zero attached hydrogens (tertiary/aromatic N) is 3. The quantitative estimate of drug-likeness (QED) is 0.609. The third-order valence-electron chi connectivity index (χ3n) is 6.70. The van der Waals surface area contributed by atoms with Gasteiger partial charge in [0.1, 0.15) is 29.5 Å². The van der Waals surface area contributed by atoms with Gasteiger partial charge in [0.2, 0.25) is 5.91 Å². The maximum absolute atomic E-state index is 14.9. The second kappa shape index (κ2) is 9.57. The molecule has 0 radical (unpaired) electrons. The lowest BCUT2D eigenvalue weighted by Crippen LogP contribution is -2.43. The number of ether oxygens (including phenoxy) is 1. The number of carbonyl (C=O) groups is 2. The summed E-state index contributed by atoms with van der Waals surface area (Å²) in [5, 5.41) is 15.2. The number of alkyl carbamates (subject to hydrolysis) is 1. The molecular formula is C27H34FN5O3. The van der Waals surface area contributed by atoms with Gasteiger partial charge in [-0.05, 0) is 70.4 Å². The van der Waals surface area contributed by atoms with Gasteiger partial charge in [-0.2, -0.15) is 5.26 Å². The highest BCUT2D eigenvalue weighted by Gasteiger charge is 2.34. The van der Waals surface area contributed by atoms with Gasteiger partial charge >= 0.3 is 6.09 Å². The van der Waals surface area contributed by atoms with Gasteiger partial charge in [0, 0.05) is 34.8 Å². The van der Waals surface area contributed by atoms with Crippen molar-refractivity contribution in [2.24, 2.45) is 11.3 Å². The maximum Gasteiger partial charge on any atom is 0.407 e. The molecular weight excluding hydrogens is 461 g/mol. The van der Waals surface area contributed by atoms with E-state index >= 15 is 0 Å². The zero-order valence-corrected chi connectivity index (χ0v) is 21.6. The highest BCUT2D eigenvalue weighted by atomic mass is 19.1. The normalized spacial score (nSPS) is 20.8. The molecule has 2 atom stereocenters. The summed E-state index contributed by atoms with van der Waals surface area (Å²) in [6.07, 6.45) is 3.56. The van der Waals surface area contributed by atoms with Crippen LogP contribution in [0.3, 0.4) is 0 Å². The lowest BCUT2D eigenvalue weighted by Gasteiger charge is -2.29. The summed E-state index contributed by atoms with van der Waals surface area (Å²) in [5.41, 5.74) is 1.95. The fourth-order valence-corrected chi connectivity index (χ4v) is 5.14. The van der Waals surface area contributed by atoms with Crippen LogP contribution in [0.5, 0.6) is 0 Å². The maximum atomic E-state index is 14.9. The molecule has 0 bridgehead atoms. The molecule has 1 saturated carbocycles. The van der Waals surface area contributed by atoms with Crippen LogP contribution >= 0.6 is 0 Å². The number of carbonyl (C=O) groups excluding carboxylic acids is 2. The standard InChI is InChI=1S/C27H34FN5O3/c1-26(2,3)32-25(35)36-18-8-6-7-16(9-18)24(34)31-23-11-19(21(28)14-30-23)20-10-17(13-29)33-15-27(4,5)12-22(20)33/h10-11,14,16,18H,6-9,12,15H2,1-5H3,(H,32,35)(H,30,31,34)/t16-,18+/m0/s1. The number of hydrogen-bond donors (Lipinski definition) is 2. The topological polar surface area (TPSA) is 109 Å². The first-order valence-corrected chi connectivity index (χ1v) is 12.4. The van der Waals surface area contributed by atoms with E-state index in [0.29, 0.717) is 42.6 Å². The number of aromatic nitrogens is 2. The summed E-state index contributed by atoms with van der Waals surface area (Å²) in [5.74, 6) is -0.830. The number of amides is 2. The predicted octanol–water partition coefficient (Wildman–Crippen LogP) is 5.17. The van der Waals surface area contributed by atoms with Gasteiger partial charge in [0.05, 0.1) is 6.20 Å². The Morgan fingerprint density at radius 2 is 2.00 bits per heavy atom. The minimum Gasteiger partial charge on any atom is -0.446 e. The largest absolute Gasteiger partial charge is 0.446 e. The molecule has 1 fully saturated rings. The molecule has 2 aromatic rings. The number of nitrogens with one attached hydrogen (secondary N) is 2. The summed E-state index contributed by atoms with van der Waals surface area (Å²) >= 11 is 0. The molecule has 0 unspecified atom stereocenters. The van der Waals surface area contributed by atoms with Crippen molar-refractivity contribution in [3.8, 4) is 17.2 Å². The van der Waals surface area contributed by atoms with E-state index in [0.717, 1.165) is 24.7 Å². The summed E-state index contributed by atoms with van der Waals surface area (Å²) < 4.78 is 22.4. The zero-order valence-electron chi connectivity index (χ0n) is 21.6.